The maximum absolute atomic E-state index is 12.4. The van der Waals surface area contributed by atoms with Crippen molar-refractivity contribution in [2.75, 3.05) is 14.1 Å². The van der Waals surface area contributed by atoms with E-state index in [0.29, 0.717) is 0 Å². The molecule has 0 unspecified atom stereocenters. The van der Waals surface area contributed by atoms with Crippen molar-refractivity contribution in [3.05, 3.63) is 42.2 Å². The average molecular weight is 253 g/mol. The Balaban J connectivity index is 2.07. The van der Waals surface area contributed by atoms with Crippen molar-refractivity contribution >= 4 is 12.7 Å². The molecule has 0 N–H and O–H groups in total. The molecule has 0 amide bonds. The number of hydrogen-bond donors (Lipinski definition) is 0. The van der Waals surface area contributed by atoms with Crippen LogP contribution in [0.25, 0.3) is 0 Å². The first-order chi connectivity index (χ1) is 8.38. The predicted octanol–water partition coefficient (Wildman–Crippen LogP) is 1.67. The fourth-order valence-corrected chi connectivity index (χ4v) is 1.86. The number of benzene rings is 1. The van der Waals surface area contributed by atoms with Gasteiger partial charge in [-0.05, 0) is 0 Å². The Morgan fingerprint density at radius 2 is 1.50 bits per heavy atom. The molecule has 0 aromatic heterocycles. The van der Waals surface area contributed by atoms with Crippen LogP contribution in [0.4, 0.5) is 13.2 Å². The predicted molar refractivity (Wildman–Crippen MR) is 65.3 cm³/mol. The standard InChI is InChI=1S/C12H13BF3N2/c1-17-7-8-18(2)11(17)13-10-5-3-9(4-6-10)12(14,15)16/h3-8,11H,1-2H3. The van der Waals surface area contributed by atoms with Gasteiger partial charge >= 0.3 is 6.18 Å². The van der Waals surface area contributed by atoms with E-state index < -0.39 is 11.7 Å². The monoisotopic (exact) mass is 253 g/mol. The molecule has 0 atom stereocenters. The van der Waals surface area contributed by atoms with Crippen molar-refractivity contribution in [3.63, 3.8) is 0 Å². The van der Waals surface area contributed by atoms with Gasteiger partial charge in [-0.25, -0.2) is 0 Å². The van der Waals surface area contributed by atoms with Gasteiger partial charge in [-0.2, -0.15) is 13.2 Å². The van der Waals surface area contributed by atoms with Crippen LogP contribution in [0.5, 0.6) is 0 Å². The molecule has 0 saturated carbocycles. The second-order valence-electron chi connectivity index (χ2n) is 4.33. The van der Waals surface area contributed by atoms with Crippen LogP contribution in [0.3, 0.4) is 0 Å². The molecule has 0 aliphatic carbocycles. The Hall–Kier alpha value is -1.59. The Kier molecular flexibility index (Phi) is 3.28. The topological polar surface area (TPSA) is 6.48 Å². The summed E-state index contributed by atoms with van der Waals surface area (Å²) in [5.41, 5.74) is 0.154. The zero-order chi connectivity index (χ0) is 13.3. The summed E-state index contributed by atoms with van der Waals surface area (Å²) < 4.78 is 37.2. The first kappa shape index (κ1) is 12.9. The number of alkyl halides is 3. The quantitative estimate of drug-likeness (QED) is 0.739. The molecule has 2 nitrogen and oxygen atoms in total. The van der Waals surface area contributed by atoms with Crippen LogP contribution in [0, 0.1) is 0 Å². The summed E-state index contributed by atoms with van der Waals surface area (Å²) in [5, 5.41) is 0. The fourth-order valence-electron chi connectivity index (χ4n) is 1.86. The largest absolute Gasteiger partial charge is 0.416 e. The van der Waals surface area contributed by atoms with Gasteiger partial charge in [0.15, 0.2) is 0 Å². The van der Waals surface area contributed by atoms with Crippen molar-refractivity contribution in [2.45, 2.75) is 12.2 Å². The molecule has 2 rings (SSSR count). The molecule has 1 aromatic carbocycles. The first-order valence-electron chi connectivity index (χ1n) is 5.52. The van der Waals surface area contributed by atoms with Crippen LogP contribution in [0.2, 0.25) is 0 Å². The first-order valence-corrected chi connectivity index (χ1v) is 5.52. The van der Waals surface area contributed by atoms with Crippen LogP contribution >= 0.6 is 0 Å². The van der Waals surface area contributed by atoms with E-state index in [4.69, 9.17) is 0 Å². The van der Waals surface area contributed by atoms with Crippen molar-refractivity contribution in [2.24, 2.45) is 0 Å². The molecule has 1 heterocycles. The van der Waals surface area contributed by atoms with Gasteiger partial charge in [0.25, 0.3) is 0 Å². The molecule has 6 heteroatoms. The molecule has 0 bridgehead atoms. The highest BCUT2D eigenvalue weighted by atomic mass is 19.4. The van der Waals surface area contributed by atoms with E-state index in [9.17, 15) is 13.2 Å². The van der Waals surface area contributed by atoms with E-state index in [1.807, 2.05) is 43.6 Å². The number of nitrogens with zero attached hydrogens (tertiary/aromatic N) is 2. The summed E-state index contributed by atoms with van der Waals surface area (Å²) in [7, 11) is 5.76. The van der Waals surface area contributed by atoms with E-state index in [2.05, 4.69) is 0 Å². The Morgan fingerprint density at radius 3 is 1.94 bits per heavy atom. The number of halogens is 3. The SMILES string of the molecule is CN1C=CN(C)C1[B]c1ccc(C(F)(F)F)cc1. The third-order valence-corrected chi connectivity index (χ3v) is 2.95. The van der Waals surface area contributed by atoms with Gasteiger partial charge in [0.1, 0.15) is 0 Å². The van der Waals surface area contributed by atoms with Gasteiger partial charge in [0.2, 0.25) is 7.28 Å². The van der Waals surface area contributed by atoms with Crippen molar-refractivity contribution < 1.29 is 13.2 Å². The van der Waals surface area contributed by atoms with E-state index in [-0.39, 0.29) is 6.07 Å². The molecule has 1 aliphatic rings. The van der Waals surface area contributed by atoms with Gasteiger partial charge in [-0.1, -0.05) is 29.7 Å². The summed E-state index contributed by atoms with van der Waals surface area (Å²) in [6.45, 7) is 0. The fraction of sp³-hybridized carbons (Fsp3) is 0.333. The molecule has 1 radical (unpaired) electrons. The molecular formula is C12H13BF3N2. The lowest BCUT2D eigenvalue weighted by molar-refractivity contribution is -0.137. The zero-order valence-corrected chi connectivity index (χ0v) is 10.1. The summed E-state index contributed by atoms with van der Waals surface area (Å²) in [6, 6.07) is 5.23. The van der Waals surface area contributed by atoms with Gasteiger partial charge in [-0.15, -0.1) is 0 Å². The normalized spacial score (nSPS) is 16.5. The minimum Gasteiger partial charge on any atom is -0.367 e. The third-order valence-electron chi connectivity index (χ3n) is 2.95. The van der Waals surface area contributed by atoms with Crippen molar-refractivity contribution in [3.8, 4) is 0 Å². The molecule has 18 heavy (non-hydrogen) atoms. The minimum atomic E-state index is -4.28. The van der Waals surface area contributed by atoms with Crippen LogP contribution in [-0.4, -0.2) is 37.2 Å². The number of hydrogen-bond acceptors (Lipinski definition) is 2. The Bertz CT molecular complexity index is 430. The molecule has 95 valence electrons. The average Bonchev–Trinajstić information content (AvgIpc) is 2.60. The van der Waals surface area contributed by atoms with Gasteiger partial charge in [0.05, 0.1) is 11.6 Å². The van der Waals surface area contributed by atoms with Gasteiger partial charge in [-0.3, -0.25) is 0 Å². The van der Waals surface area contributed by atoms with Crippen molar-refractivity contribution in [1.82, 2.24) is 9.80 Å². The summed E-state index contributed by atoms with van der Waals surface area (Å²) in [4.78, 5) is 3.97. The highest BCUT2D eigenvalue weighted by Crippen LogP contribution is 2.28. The summed E-state index contributed by atoms with van der Waals surface area (Å²) in [6.07, 6.45) is -0.433. The molecule has 0 fully saturated rings. The lowest BCUT2D eigenvalue weighted by Crippen LogP contribution is -2.44. The Labute approximate surface area is 105 Å². The van der Waals surface area contributed by atoms with Gasteiger partial charge < -0.3 is 9.80 Å². The number of rotatable bonds is 2. The third kappa shape index (κ3) is 2.63. The maximum Gasteiger partial charge on any atom is 0.416 e. The maximum atomic E-state index is 12.4. The Morgan fingerprint density at radius 1 is 1.00 bits per heavy atom. The summed E-state index contributed by atoms with van der Waals surface area (Å²) >= 11 is 0. The van der Waals surface area contributed by atoms with E-state index in [1.54, 1.807) is 0 Å². The molecular weight excluding hydrogens is 240 g/mol. The molecule has 0 saturated heterocycles. The second kappa shape index (κ2) is 4.59. The lowest BCUT2D eigenvalue weighted by Gasteiger charge is -2.27. The highest BCUT2D eigenvalue weighted by Gasteiger charge is 2.30. The van der Waals surface area contributed by atoms with Crippen LogP contribution in [0.15, 0.2) is 36.7 Å². The van der Waals surface area contributed by atoms with Crippen molar-refractivity contribution in [1.29, 1.82) is 0 Å². The van der Waals surface area contributed by atoms with Gasteiger partial charge in [0, 0.05) is 26.5 Å². The second-order valence-corrected chi connectivity index (χ2v) is 4.33. The highest BCUT2D eigenvalue weighted by molar-refractivity contribution is 6.55. The van der Waals surface area contributed by atoms with E-state index >= 15 is 0 Å². The van der Waals surface area contributed by atoms with Crippen LogP contribution in [-0.2, 0) is 6.18 Å². The molecule has 1 aromatic rings. The molecule has 1 aliphatic heterocycles. The molecule has 0 spiro atoms. The van der Waals surface area contributed by atoms with Crippen LogP contribution < -0.4 is 5.46 Å². The van der Waals surface area contributed by atoms with E-state index in [0.717, 1.165) is 17.6 Å². The minimum absolute atomic E-state index is 0.0433. The smallest absolute Gasteiger partial charge is 0.367 e. The van der Waals surface area contributed by atoms with Crippen LogP contribution in [0.1, 0.15) is 5.56 Å². The van der Waals surface area contributed by atoms with E-state index in [1.165, 1.54) is 12.1 Å². The zero-order valence-electron chi connectivity index (χ0n) is 10.1. The lowest BCUT2D eigenvalue weighted by atomic mass is 9.66. The summed E-state index contributed by atoms with van der Waals surface area (Å²) in [5.74, 6) is 0.